The average Bonchev–Trinajstić information content (AvgIpc) is 3.67. The molecule has 5 aromatic heterocycles. The van der Waals surface area contributed by atoms with E-state index in [0.29, 0.717) is 11.5 Å². The highest BCUT2D eigenvalue weighted by Crippen LogP contribution is 2.29. The van der Waals surface area contributed by atoms with E-state index >= 15 is 0 Å². The Morgan fingerprint density at radius 2 is 1.00 bits per heavy atom. The maximum atomic E-state index is 6.07. The van der Waals surface area contributed by atoms with Gasteiger partial charge in [0.15, 0.2) is 11.5 Å². The highest BCUT2D eigenvalue weighted by Gasteiger charge is 2.12. The number of benzene rings is 2. The molecule has 7 nitrogen and oxygen atoms in total. The first kappa shape index (κ1) is 19.4. The van der Waals surface area contributed by atoms with Crippen LogP contribution in [0, 0.1) is 0 Å². The van der Waals surface area contributed by atoms with Crippen molar-refractivity contribution in [1.82, 2.24) is 29.9 Å². The van der Waals surface area contributed by atoms with Crippen LogP contribution in [0.15, 0.2) is 102 Å². The Bertz CT molecular complexity index is 1590. The summed E-state index contributed by atoms with van der Waals surface area (Å²) in [4.78, 5) is 25.1. The molecule has 7 heteroatoms. The molecular formula is C28H18N6O. The minimum absolute atomic E-state index is 0.680. The van der Waals surface area contributed by atoms with Crippen molar-refractivity contribution in [1.29, 1.82) is 0 Å². The number of para-hydroxylation sites is 4. The van der Waals surface area contributed by atoms with Gasteiger partial charge in [-0.3, -0.25) is 9.97 Å². The van der Waals surface area contributed by atoms with E-state index in [1.807, 2.05) is 84.9 Å². The van der Waals surface area contributed by atoms with Gasteiger partial charge in [-0.05, 0) is 60.7 Å². The summed E-state index contributed by atoms with van der Waals surface area (Å²) in [6.45, 7) is 0. The molecule has 2 aromatic carbocycles. The highest BCUT2D eigenvalue weighted by molar-refractivity contribution is 5.80. The molecule has 5 heterocycles. The van der Waals surface area contributed by atoms with Crippen LogP contribution in [0.2, 0.25) is 0 Å². The van der Waals surface area contributed by atoms with Gasteiger partial charge < -0.3 is 14.4 Å². The van der Waals surface area contributed by atoms with E-state index in [0.717, 1.165) is 56.2 Å². The van der Waals surface area contributed by atoms with Gasteiger partial charge in [0.1, 0.15) is 23.0 Å². The summed E-state index contributed by atoms with van der Waals surface area (Å²) in [5.41, 5.74) is 7.19. The van der Waals surface area contributed by atoms with Crippen LogP contribution >= 0.6 is 0 Å². The second kappa shape index (κ2) is 7.78. The summed E-state index contributed by atoms with van der Waals surface area (Å²) in [6.07, 6.45) is 3.60. The molecular weight excluding hydrogens is 436 g/mol. The molecule has 0 radical (unpaired) electrons. The molecule has 7 aromatic rings. The summed E-state index contributed by atoms with van der Waals surface area (Å²) >= 11 is 0. The second-order valence-electron chi connectivity index (χ2n) is 8.23. The zero-order valence-electron chi connectivity index (χ0n) is 18.4. The van der Waals surface area contributed by atoms with Crippen LogP contribution in [0.3, 0.4) is 0 Å². The lowest BCUT2D eigenvalue weighted by atomic mass is 10.2. The van der Waals surface area contributed by atoms with Crippen LogP contribution < -0.4 is 0 Å². The van der Waals surface area contributed by atoms with Gasteiger partial charge in [-0.25, -0.2) is 9.97 Å². The fourth-order valence-electron chi connectivity index (χ4n) is 4.15. The Hall–Kier alpha value is -5.04. The Morgan fingerprint density at radius 3 is 1.43 bits per heavy atom. The second-order valence-corrected chi connectivity index (χ2v) is 8.23. The number of aromatic amines is 2. The van der Waals surface area contributed by atoms with E-state index in [1.54, 1.807) is 12.4 Å². The van der Waals surface area contributed by atoms with Crippen LogP contribution in [0.4, 0.5) is 0 Å². The first-order valence-electron chi connectivity index (χ1n) is 11.2. The zero-order valence-corrected chi connectivity index (χ0v) is 18.4. The van der Waals surface area contributed by atoms with Crippen LogP contribution in [-0.4, -0.2) is 29.9 Å². The molecule has 0 aliphatic carbocycles. The summed E-state index contributed by atoms with van der Waals surface area (Å²) in [6, 6.07) is 27.6. The predicted molar refractivity (Wildman–Crippen MR) is 135 cm³/mol. The van der Waals surface area contributed by atoms with Crippen LogP contribution in [0.1, 0.15) is 0 Å². The molecule has 2 N–H and O–H groups in total. The number of nitrogens with zero attached hydrogens (tertiary/aromatic N) is 4. The van der Waals surface area contributed by atoms with Gasteiger partial charge in [-0.1, -0.05) is 24.3 Å². The molecule has 0 amide bonds. The van der Waals surface area contributed by atoms with Crippen molar-refractivity contribution in [2.75, 3.05) is 0 Å². The summed E-state index contributed by atoms with van der Waals surface area (Å²) in [5, 5.41) is 0. The van der Waals surface area contributed by atoms with Gasteiger partial charge in [-0.15, -0.1) is 0 Å². The van der Waals surface area contributed by atoms with Crippen molar-refractivity contribution in [3.05, 3.63) is 97.3 Å². The first-order valence-corrected chi connectivity index (χ1v) is 11.2. The maximum absolute atomic E-state index is 6.07. The number of pyridine rings is 2. The molecule has 7 rings (SSSR count). The van der Waals surface area contributed by atoms with Gasteiger partial charge in [0.05, 0.1) is 22.1 Å². The summed E-state index contributed by atoms with van der Waals surface area (Å²) < 4.78 is 6.07. The Labute approximate surface area is 199 Å². The number of hydrogen-bond donors (Lipinski definition) is 2. The molecule has 0 bridgehead atoms. The smallest absolute Gasteiger partial charge is 0.153 e. The van der Waals surface area contributed by atoms with Crippen molar-refractivity contribution in [3.8, 4) is 45.7 Å². The van der Waals surface area contributed by atoms with E-state index < -0.39 is 0 Å². The van der Waals surface area contributed by atoms with Crippen LogP contribution in [0.25, 0.3) is 67.8 Å². The molecule has 0 saturated carbocycles. The Morgan fingerprint density at radius 1 is 0.514 bits per heavy atom. The number of hydrogen-bond acceptors (Lipinski definition) is 5. The van der Waals surface area contributed by atoms with E-state index in [9.17, 15) is 0 Å². The van der Waals surface area contributed by atoms with Crippen LogP contribution in [0.5, 0.6) is 0 Å². The zero-order chi connectivity index (χ0) is 23.2. The fourth-order valence-corrected chi connectivity index (χ4v) is 4.15. The molecule has 0 atom stereocenters. The van der Waals surface area contributed by atoms with Crippen molar-refractivity contribution < 1.29 is 4.42 Å². The third-order valence-electron chi connectivity index (χ3n) is 5.96. The quantitative estimate of drug-likeness (QED) is 0.317. The Balaban J connectivity index is 1.13. The van der Waals surface area contributed by atoms with Gasteiger partial charge in [0, 0.05) is 23.5 Å². The normalized spacial score (nSPS) is 11.4. The third kappa shape index (κ3) is 3.46. The number of fused-ring (bicyclic) bond motifs is 2. The fraction of sp³-hybridized carbons (Fsp3) is 0. The summed E-state index contributed by atoms with van der Waals surface area (Å²) in [7, 11) is 0. The highest BCUT2D eigenvalue weighted by atomic mass is 16.3. The molecule has 0 aliphatic rings. The lowest BCUT2D eigenvalue weighted by Gasteiger charge is -2.01. The lowest BCUT2D eigenvalue weighted by molar-refractivity contribution is 0.592. The Kier molecular flexibility index (Phi) is 4.32. The lowest BCUT2D eigenvalue weighted by Crippen LogP contribution is -1.86. The summed E-state index contributed by atoms with van der Waals surface area (Å²) in [5.74, 6) is 2.94. The molecule has 0 aliphatic heterocycles. The number of aromatic nitrogens is 6. The van der Waals surface area contributed by atoms with Crippen molar-refractivity contribution in [2.45, 2.75) is 0 Å². The number of furan rings is 1. The first-order chi connectivity index (χ1) is 17.3. The van der Waals surface area contributed by atoms with Gasteiger partial charge in [0.25, 0.3) is 0 Å². The van der Waals surface area contributed by atoms with Crippen molar-refractivity contribution >= 4 is 22.1 Å². The minimum Gasteiger partial charge on any atom is -0.453 e. The van der Waals surface area contributed by atoms with Gasteiger partial charge in [0.2, 0.25) is 0 Å². The van der Waals surface area contributed by atoms with Crippen LogP contribution in [-0.2, 0) is 0 Å². The van der Waals surface area contributed by atoms with E-state index in [2.05, 4.69) is 29.9 Å². The van der Waals surface area contributed by atoms with Gasteiger partial charge >= 0.3 is 0 Å². The topological polar surface area (TPSA) is 96.3 Å². The van der Waals surface area contributed by atoms with Crippen molar-refractivity contribution in [2.24, 2.45) is 0 Å². The maximum Gasteiger partial charge on any atom is 0.153 e. The number of H-pyrrole nitrogens is 2. The van der Waals surface area contributed by atoms with E-state index in [4.69, 9.17) is 4.42 Å². The largest absolute Gasteiger partial charge is 0.453 e. The molecule has 0 saturated heterocycles. The standard InChI is InChI=1S/C28H18N6O/c1-2-6-20-19(5-1)31-27(32-20)17-9-11-23(29-15-17)25-13-14-26(35-25)24-12-10-18(16-30-24)28-33-21-7-3-4-8-22(21)34-28/h1-16H,(H,31,32)(H,33,34). The molecule has 0 fully saturated rings. The minimum atomic E-state index is 0.680. The molecule has 0 spiro atoms. The molecule has 0 unspecified atom stereocenters. The monoisotopic (exact) mass is 454 g/mol. The number of nitrogens with one attached hydrogen (secondary N) is 2. The van der Waals surface area contributed by atoms with E-state index in [-0.39, 0.29) is 0 Å². The number of imidazole rings is 2. The average molecular weight is 454 g/mol. The molecule has 166 valence electrons. The predicted octanol–water partition coefficient (Wildman–Crippen LogP) is 6.49. The molecule has 35 heavy (non-hydrogen) atoms. The number of rotatable bonds is 4. The third-order valence-corrected chi connectivity index (χ3v) is 5.96. The van der Waals surface area contributed by atoms with Crippen molar-refractivity contribution in [3.63, 3.8) is 0 Å². The van der Waals surface area contributed by atoms with E-state index in [1.165, 1.54) is 0 Å². The SMILES string of the molecule is c1ccc2[nH]c(-c3ccc(-c4ccc(-c5ccc(-c6nc7ccccc7[nH]6)cn5)o4)nc3)nc2c1. The van der Waals surface area contributed by atoms with Gasteiger partial charge in [-0.2, -0.15) is 0 Å².